The van der Waals surface area contributed by atoms with Crippen molar-refractivity contribution in [2.24, 2.45) is 0 Å². The zero-order valence-corrected chi connectivity index (χ0v) is 78.8. The van der Waals surface area contributed by atoms with Gasteiger partial charge >= 0.3 is 72.4 Å². The molecule has 0 aliphatic carbocycles. The van der Waals surface area contributed by atoms with E-state index in [1.165, 1.54) is 0 Å². The minimum absolute atomic E-state index is 0.722. The van der Waals surface area contributed by atoms with Crippen LogP contribution in [0.4, 0.5) is 0 Å². The van der Waals surface area contributed by atoms with Gasteiger partial charge in [0.1, 0.15) is 0 Å². The molecule has 6 fully saturated rings. The molecule has 92 heavy (non-hydrogen) atoms. The average molecular weight is 1580 g/mol. The average Bonchev–Trinajstić information content (AvgIpc) is 0.680. The highest BCUT2D eigenvalue weighted by Gasteiger charge is 2.92. The van der Waals surface area contributed by atoms with E-state index >= 15 is 0 Å². The van der Waals surface area contributed by atoms with Crippen molar-refractivity contribution in [2.45, 2.75) is 363 Å². The molecule has 0 aromatic rings. The molecule has 0 unspecified atom stereocenters. The van der Waals surface area contributed by atoms with E-state index in [0.29, 0.717) is 0 Å². The van der Waals surface area contributed by atoms with Crippen molar-refractivity contribution in [2.75, 3.05) is 0 Å². The van der Waals surface area contributed by atoms with Gasteiger partial charge in [-0.1, -0.05) is 209 Å². The van der Waals surface area contributed by atoms with Gasteiger partial charge in [0, 0.05) is 0 Å². The monoisotopic (exact) mass is 1580 g/mol. The molecular weight excluding hydrogens is 1440 g/mol. The molecule has 0 aromatic carbocycles. The molecule has 0 saturated carbocycles. The lowest BCUT2D eigenvalue weighted by atomic mass is 10.3. The van der Waals surface area contributed by atoms with Crippen LogP contribution in [-0.2, 0) is 82.3 Å². The molecule has 6 heterocycles. The predicted molar refractivity (Wildman–Crippen MR) is 402 cm³/mol. The summed E-state index contributed by atoms with van der Waals surface area (Å²) in [6.45, 7) is 52.6. The Labute approximate surface area is 579 Å². The smallest absolute Gasteiger partial charge is 0.395 e. The van der Waals surface area contributed by atoms with Crippen LogP contribution in [0.1, 0.15) is 209 Å². The summed E-state index contributed by atoms with van der Waals surface area (Å²) in [6, 6.07) is 5.77. The van der Waals surface area contributed by atoms with Crippen LogP contribution in [0.5, 0.6) is 0 Å². The molecule has 6 aliphatic heterocycles. The molecule has 8 bridgehead atoms. The molecule has 0 atom stereocenters. The molecule has 6 aliphatic rings. The van der Waals surface area contributed by atoms with Crippen molar-refractivity contribution in [3.63, 3.8) is 0 Å². The van der Waals surface area contributed by atoms with Crippen molar-refractivity contribution < 1.29 is 82.3 Å². The Balaban J connectivity index is 2.18. The van der Waals surface area contributed by atoms with Crippen molar-refractivity contribution in [3.05, 3.63) is 0 Å². The van der Waals surface area contributed by atoms with Crippen LogP contribution in [-0.4, -0.2) is 139 Å². The summed E-state index contributed by atoms with van der Waals surface area (Å²) in [4.78, 5) is 0. The standard InChI is InChI=1S/C56H136O20Si16/c1-25-33-41-49-77(9,10)57-85-65-86(58-78(11,12)50-42-34-26-2)68-89(61-81(17,18)53-45-37-29-5)70-87(66-85,59-79(13,14)51-43-35-27-3)72-91(63-83(21,22)55-47-39-31-7)73-88(67-85,60-80(15,16)52-44-36-28-4)71-90(69-86,62-82(19,20)54-46-38-30-6)75-92(74-89,76-91)64-84(23,24)56-48-40-32-8/h25-56H2,1-24H3. The van der Waals surface area contributed by atoms with Gasteiger partial charge in [-0.15, -0.1) is 0 Å². The second kappa shape index (κ2) is 35.4. The fourth-order valence-electron chi connectivity index (χ4n) is 12.4. The van der Waals surface area contributed by atoms with E-state index in [1.54, 1.807) is 0 Å². The summed E-state index contributed by atoms with van der Waals surface area (Å²) in [5.74, 6) is 0. The minimum Gasteiger partial charge on any atom is -0.395 e. The third-order valence-corrected chi connectivity index (χ3v) is 79.4. The van der Waals surface area contributed by atoms with Gasteiger partial charge in [0.15, 0.2) is 66.5 Å². The number of unbranched alkanes of at least 4 members (excludes halogenated alkanes) is 16. The number of rotatable bonds is 48. The van der Waals surface area contributed by atoms with E-state index in [9.17, 15) is 0 Å². The van der Waals surface area contributed by atoms with E-state index in [1.807, 2.05) is 0 Å². The van der Waals surface area contributed by atoms with Gasteiger partial charge in [0.25, 0.3) is 0 Å². The Bertz CT molecular complexity index is 1700. The topological polar surface area (TPSA) is 185 Å². The summed E-state index contributed by atoms with van der Waals surface area (Å²) < 4.78 is 162. The minimum atomic E-state index is -5.27. The van der Waals surface area contributed by atoms with E-state index in [-0.39, 0.29) is 0 Å². The summed E-state index contributed by atoms with van der Waals surface area (Å²) in [6.07, 6.45) is 23.2. The maximum atomic E-state index is 8.21. The quantitative estimate of drug-likeness (QED) is 0.0413. The molecular formula is C56H136O20Si16. The Morgan fingerprint density at radius 2 is 0.250 bits per heavy atom. The zero-order chi connectivity index (χ0) is 68.8. The van der Waals surface area contributed by atoms with E-state index in [4.69, 9.17) is 82.3 Å². The molecule has 20 nitrogen and oxygen atoms in total. The highest BCUT2D eigenvalue weighted by molar-refractivity contribution is 7.04. The highest BCUT2D eigenvalue weighted by Crippen LogP contribution is 2.54. The van der Waals surface area contributed by atoms with Gasteiger partial charge in [-0.3, -0.25) is 0 Å². The second-order valence-electron chi connectivity index (χ2n) is 31.8. The summed E-state index contributed by atoms with van der Waals surface area (Å²) in [5.41, 5.74) is 0. The van der Waals surface area contributed by atoms with Gasteiger partial charge in [-0.2, -0.15) is 0 Å². The largest absolute Gasteiger partial charge is 0.651 e. The molecule has 36 heteroatoms. The van der Waals surface area contributed by atoms with Gasteiger partial charge in [0.2, 0.25) is 0 Å². The first-order chi connectivity index (χ1) is 42.6. The van der Waals surface area contributed by atoms with Crippen LogP contribution < -0.4 is 0 Å². The molecule has 0 aromatic heterocycles. The summed E-state index contributed by atoms with van der Waals surface area (Å²) in [5, 5.41) is 0. The van der Waals surface area contributed by atoms with Gasteiger partial charge in [-0.05, 0) is 153 Å². The normalized spacial score (nSPS) is 30.0. The molecule has 6 rings (SSSR count). The maximum Gasteiger partial charge on any atom is 0.651 e. The lowest BCUT2D eigenvalue weighted by Crippen LogP contribution is -2.93. The summed E-state index contributed by atoms with van der Waals surface area (Å²) >= 11 is 0. The van der Waals surface area contributed by atoms with Crippen LogP contribution in [0.2, 0.25) is 153 Å². The maximum absolute atomic E-state index is 8.21. The van der Waals surface area contributed by atoms with Gasteiger partial charge in [-0.25, -0.2) is 0 Å². The van der Waals surface area contributed by atoms with Gasteiger partial charge in [0.05, 0.1) is 0 Å². The highest BCUT2D eigenvalue weighted by atomic mass is 28.7. The fourth-order valence-corrected chi connectivity index (χ4v) is 86.8. The van der Waals surface area contributed by atoms with Crippen LogP contribution in [0.25, 0.3) is 0 Å². The first-order valence-corrected chi connectivity index (χ1v) is 74.6. The third-order valence-electron chi connectivity index (χ3n) is 17.3. The molecule has 6 saturated heterocycles. The zero-order valence-electron chi connectivity index (χ0n) is 62.8. The lowest BCUT2D eigenvalue weighted by molar-refractivity contribution is -0.129. The molecule has 0 radical (unpaired) electrons. The van der Waals surface area contributed by atoms with Crippen LogP contribution in [0.15, 0.2) is 0 Å². The molecule has 0 spiro atoms. The Hall–Kier alpha value is 2.67. The van der Waals surface area contributed by atoms with E-state index in [0.717, 1.165) is 202 Å². The number of hydrogen-bond acceptors (Lipinski definition) is 20. The summed E-state index contributed by atoms with van der Waals surface area (Å²) in [7, 11) is -66.6. The Morgan fingerprint density at radius 1 is 0.163 bits per heavy atom. The first-order valence-electron chi connectivity index (χ1n) is 36.7. The molecule has 0 N–H and O–H groups in total. The second-order valence-corrected chi connectivity index (χ2v) is 88.3. The lowest BCUT2D eigenvalue weighted by Gasteiger charge is -2.61. The van der Waals surface area contributed by atoms with Gasteiger partial charge < -0.3 is 82.3 Å². The number of hydrogen-bond donors (Lipinski definition) is 0. The molecule has 544 valence electrons. The van der Waals surface area contributed by atoms with Crippen LogP contribution >= 0.6 is 0 Å². The SMILES string of the molecule is CCCCC[Si](C)(C)O[Si]12O[Si]3(O[Si](C)(C)CCCCC)O[Si]4(O[Si](C)(C)CCCCC)O[Si](O[Si](C)(C)CCCCC)(O1)O[Si]1(O[Si](C)(C)CCCCC)O[Si](O[Si](C)(C)CCCCC)(O2)O[Si](O[Si](C)(C)CCCCC)(O3)O[Si](O[Si](C)(C)CCCCC)(O4)O1. The Morgan fingerprint density at radius 3 is 0.326 bits per heavy atom. The van der Waals surface area contributed by atoms with E-state index in [2.05, 4.69) is 160 Å². The van der Waals surface area contributed by atoms with E-state index < -0.39 is 139 Å². The third kappa shape index (κ3) is 26.7. The van der Waals surface area contributed by atoms with Crippen LogP contribution in [0, 0.1) is 0 Å². The predicted octanol–water partition coefficient (Wildman–Crippen LogP) is 19.0. The van der Waals surface area contributed by atoms with Crippen molar-refractivity contribution in [3.8, 4) is 0 Å². The van der Waals surface area contributed by atoms with Crippen LogP contribution in [0.3, 0.4) is 0 Å². The van der Waals surface area contributed by atoms with Crippen molar-refractivity contribution >= 4 is 139 Å². The van der Waals surface area contributed by atoms with Crippen molar-refractivity contribution in [1.29, 1.82) is 0 Å². The Kier molecular flexibility index (Phi) is 32.9. The molecule has 0 amide bonds. The van der Waals surface area contributed by atoms with Crippen molar-refractivity contribution in [1.82, 2.24) is 0 Å². The fraction of sp³-hybridized carbons (Fsp3) is 1.00. The first kappa shape index (κ1) is 85.3.